The molecule has 0 saturated carbocycles. The zero-order valence-electron chi connectivity index (χ0n) is 8.70. The zero-order valence-corrected chi connectivity index (χ0v) is 8.70. The molecular weight excluding hydrogens is 178 g/mol. The second-order valence-corrected chi connectivity index (χ2v) is 3.99. The van der Waals surface area contributed by atoms with Crippen LogP contribution in [0.2, 0.25) is 0 Å². The first-order chi connectivity index (χ1) is 6.68. The Bertz CT molecular complexity index is 315. The molecule has 2 heterocycles. The summed E-state index contributed by atoms with van der Waals surface area (Å²) < 4.78 is 1.75. The van der Waals surface area contributed by atoms with Gasteiger partial charge in [-0.3, -0.25) is 4.68 Å². The van der Waals surface area contributed by atoms with E-state index in [0.717, 1.165) is 30.6 Å². The third-order valence-corrected chi connectivity index (χ3v) is 2.85. The molecule has 4 nitrogen and oxygen atoms in total. The van der Waals surface area contributed by atoms with Gasteiger partial charge in [-0.05, 0) is 26.3 Å². The molecule has 2 atom stereocenters. The summed E-state index contributed by atoms with van der Waals surface area (Å²) in [5.74, 6) is 0. The Morgan fingerprint density at radius 1 is 1.71 bits per heavy atom. The van der Waals surface area contributed by atoms with Crippen molar-refractivity contribution in [2.45, 2.75) is 31.9 Å². The third-order valence-electron chi connectivity index (χ3n) is 2.85. The third kappa shape index (κ3) is 1.67. The van der Waals surface area contributed by atoms with Crippen molar-refractivity contribution in [1.82, 2.24) is 15.1 Å². The van der Waals surface area contributed by atoms with E-state index in [9.17, 15) is 5.11 Å². The number of aliphatic hydroxyl groups excluding tert-OH is 1. The highest BCUT2D eigenvalue weighted by atomic mass is 16.3. The Labute approximate surface area is 83.9 Å². The summed E-state index contributed by atoms with van der Waals surface area (Å²) in [7, 11) is 1.88. The molecule has 14 heavy (non-hydrogen) atoms. The summed E-state index contributed by atoms with van der Waals surface area (Å²) in [6.45, 7) is 2.95. The van der Waals surface area contributed by atoms with Gasteiger partial charge in [0.15, 0.2) is 0 Å². The fourth-order valence-electron chi connectivity index (χ4n) is 2.11. The minimum absolute atomic E-state index is 0.206. The van der Waals surface area contributed by atoms with E-state index in [1.165, 1.54) is 0 Å². The van der Waals surface area contributed by atoms with Crippen LogP contribution in [0.4, 0.5) is 0 Å². The van der Waals surface area contributed by atoms with Crippen LogP contribution in [0.1, 0.15) is 30.2 Å². The van der Waals surface area contributed by atoms with Crippen LogP contribution in [0.3, 0.4) is 0 Å². The van der Waals surface area contributed by atoms with Crippen LogP contribution in [0.15, 0.2) is 6.20 Å². The predicted octanol–water partition coefficient (Wildman–Crippen LogP) is 0.514. The van der Waals surface area contributed by atoms with Crippen LogP contribution in [0.5, 0.6) is 0 Å². The zero-order chi connectivity index (χ0) is 10.1. The van der Waals surface area contributed by atoms with Gasteiger partial charge in [-0.25, -0.2) is 0 Å². The number of nitrogens with one attached hydrogen (secondary N) is 1. The maximum atomic E-state index is 10.1. The molecule has 0 radical (unpaired) electrons. The fourth-order valence-corrected chi connectivity index (χ4v) is 2.11. The minimum atomic E-state index is -0.411. The summed E-state index contributed by atoms with van der Waals surface area (Å²) in [6, 6.07) is 0.206. The second kappa shape index (κ2) is 3.71. The molecule has 78 valence electrons. The Hall–Kier alpha value is -0.870. The molecule has 0 amide bonds. The molecule has 1 aliphatic heterocycles. The average molecular weight is 195 g/mol. The first-order valence-electron chi connectivity index (χ1n) is 5.10. The van der Waals surface area contributed by atoms with Gasteiger partial charge >= 0.3 is 0 Å². The van der Waals surface area contributed by atoms with Crippen LogP contribution in [0, 0.1) is 6.92 Å². The first kappa shape index (κ1) is 9.68. The van der Waals surface area contributed by atoms with Gasteiger partial charge in [0.1, 0.15) is 0 Å². The van der Waals surface area contributed by atoms with Crippen molar-refractivity contribution in [3.63, 3.8) is 0 Å². The highest BCUT2D eigenvalue weighted by Gasteiger charge is 2.26. The molecule has 0 spiro atoms. The molecule has 1 saturated heterocycles. The van der Waals surface area contributed by atoms with Gasteiger partial charge in [-0.2, -0.15) is 5.10 Å². The van der Waals surface area contributed by atoms with E-state index in [1.54, 1.807) is 4.68 Å². The first-order valence-corrected chi connectivity index (χ1v) is 5.10. The Balaban J connectivity index is 2.17. The van der Waals surface area contributed by atoms with Crippen molar-refractivity contribution in [2.75, 3.05) is 6.54 Å². The molecular formula is C10H17N3O. The number of hydrogen-bond donors (Lipinski definition) is 2. The van der Waals surface area contributed by atoms with E-state index in [4.69, 9.17) is 0 Å². The van der Waals surface area contributed by atoms with E-state index < -0.39 is 6.10 Å². The van der Waals surface area contributed by atoms with Crippen molar-refractivity contribution in [3.8, 4) is 0 Å². The van der Waals surface area contributed by atoms with Crippen LogP contribution in [-0.2, 0) is 7.05 Å². The molecule has 2 rings (SSSR count). The molecule has 0 bridgehead atoms. The Morgan fingerprint density at radius 3 is 3.00 bits per heavy atom. The predicted molar refractivity (Wildman–Crippen MR) is 53.9 cm³/mol. The number of nitrogens with zero attached hydrogens (tertiary/aromatic N) is 2. The second-order valence-electron chi connectivity index (χ2n) is 3.99. The highest BCUT2D eigenvalue weighted by molar-refractivity contribution is 5.20. The van der Waals surface area contributed by atoms with E-state index in [-0.39, 0.29) is 6.04 Å². The van der Waals surface area contributed by atoms with Crippen LogP contribution in [0.25, 0.3) is 0 Å². The lowest BCUT2D eigenvalue weighted by atomic mass is 10.0. The van der Waals surface area contributed by atoms with E-state index in [0.29, 0.717) is 0 Å². The lowest BCUT2D eigenvalue weighted by Gasteiger charge is -2.17. The quantitative estimate of drug-likeness (QED) is 0.723. The van der Waals surface area contributed by atoms with Gasteiger partial charge in [0.2, 0.25) is 0 Å². The van der Waals surface area contributed by atoms with Gasteiger partial charge in [0.25, 0.3) is 0 Å². The van der Waals surface area contributed by atoms with Gasteiger partial charge in [-0.15, -0.1) is 0 Å². The molecule has 1 aliphatic rings. The standard InChI is InChI=1S/C10H17N3O/c1-7-8(6-13(2)12-7)10(14)9-4-3-5-11-9/h6,9-11,14H,3-5H2,1-2H3. The number of rotatable bonds is 2. The molecule has 0 aliphatic carbocycles. The number of aryl methyl sites for hydroxylation is 2. The van der Waals surface area contributed by atoms with Gasteiger partial charge in [0, 0.05) is 24.8 Å². The topological polar surface area (TPSA) is 50.1 Å². The summed E-state index contributed by atoms with van der Waals surface area (Å²) >= 11 is 0. The molecule has 1 aromatic heterocycles. The van der Waals surface area contributed by atoms with Crippen molar-refractivity contribution in [1.29, 1.82) is 0 Å². The number of aromatic nitrogens is 2. The average Bonchev–Trinajstić information content (AvgIpc) is 2.73. The lowest BCUT2D eigenvalue weighted by molar-refractivity contribution is 0.137. The Kier molecular flexibility index (Phi) is 2.56. The van der Waals surface area contributed by atoms with Crippen LogP contribution in [-0.4, -0.2) is 27.5 Å². The molecule has 1 aromatic rings. The summed E-state index contributed by atoms with van der Waals surface area (Å²) in [5, 5.41) is 17.6. The highest BCUT2D eigenvalue weighted by Crippen LogP contribution is 2.24. The van der Waals surface area contributed by atoms with Gasteiger partial charge < -0.3 is 10.4 Å². The minimum Gasteiger partial charge on any atom is -0.387 e. The van der Waals surface area contributed by atoms with E-state index in [1.807, 2.05) is 20.2 Å². The van der Waals surface area contributed by atoms with Crippen molar-refractivity contribution >= 4 is 0 Å². The monoisotopic (exact) mass is 195 g/mol. The molecule has 0 aromatic carbocycles. The van der Waals surface area contributed by atoms with E-state index in [2.05, 4.69) is 10.4 Å². The summed E-state index contributed by atoms with van der Waals surface area (Å²) in [6.07, 6.45) is 3.70. The van der Waals surface area contributed by atoms with Crippen molar-refractivity contribution in [3.05, 3.63) is 17.5 Å². The molecule has 2 unspecified atom stereocenters. The van der Waals surface area contributed by atoms with Crippen molar-refractivity contribution in [2.24, 2.45) is 7.05 Å². The largest absolute Gasteiger partial charge is 0.387 e. The van der Waals surface area contributed by atoms with Gasteiger partial charge in [-0.1, -0.05) is 0 Å². The molecule has 4 heteroatoms. The van der Waals surface area contributed by atoms with E-state index >= 15 is 0 Å². The normalized spacial score (nSPS) is 24.1. The maximum absolute atomic E-state index is 10.1. The maximum Gasteiger partial charge on any atom is 0.0975 e. The lowest BCUT2D eigenvalue weighted by Crippen LogP contribution is -2.28. The number of hydrogen-bond acceptors (Lipinski definition) is 3. The van der Waals surface area contributed by atoms with Gasteiger partial charge in [0.05, 0.1) is 11.8 Å². The summed E-state index contributed by atoms with van der Waals surface area (Å²) in [4.78, 5) is 0. The smallest absolute Gasteiger partial charge is 0.0975 e. The fraction of sp³-hybridized carbons (Fsp3) is 0.700. The van der Waals surface area contributed by atoms with Crippen LogP contribution >= 0.6 is 0 Å². The molecule has 2 N–H and O–H groups in total. The summed E-state index contributed by atoms with van der Waals surface area (Å²) in [5.41, 5.74) is 1.88. The SMILES string of the molecule is Cc1nn(C)cc1C(O)C1CCCN1. The van der Waals surface area contributed by atoms with Crippen LogP contribution < -0.4 is 5.32 Å². The Morgan fingerprint density at radius 2 is 2.50 bits per heavy atom. The number of aliphatic hydroxyl groups is 1. The van der Waals surface area contributed by atoms with Crippen molar-refractivity contribution < 1.29 is 5.11 Å². The molecule has 1 fully saturated rings.